The second-order valence-corrected chi connectivity index (χ2v) is 39.1. The number of aryl methyl sites for hydroxylation is 1. The molecule has 3 aromatic heterocycles. The smallest absolute Gasteiger partial charge is 0.497 e. The minimum Gasteiger partial charge on any atom is -0.497 e. The molecule has 0 radical (unpaired) electrons. The molecule has 3 aromatic carbocycles. The summed E-state index contributed by atoms with van der Waals surface area (Å²) in [5.41, 5.74) is 0.980. The highest BCUT2D eigenvalue weighted by atomic mass is 32.1. The normalized spacial score (nSPS) is 18.8. The number of fused-ring (bicyclic) bond motifs is 2. The van der Waals surface area contributed by atoms with Crippen molar-refractivity contribution in [3.05, 3.63) is 147 Å². The fraction of sp³-hybridized carbons (Fsp3) is 0.577. The van der Waals surface area contributed by atoms with Gasteiger partial charge in [0.25, 0.3) is 0 Å². The van der Waals surface area contributed by atoms with Crippen LogP contribution in [0.4, 0.5) is 4.79 Å². The Kier molecular flexibility index (Phi) is 60.6. The van der Waals surface area contributed by atoms with Gasteiger partial charge in [0, 0.05) is 84.4 Å². The highest BCUT2D eigenvalue weighted by Gasteiger charge is 2.34. The zero-order valence-electron chi connectivity index (χ0n) is 85.7. The van der Waals surface area contributed by atoms with Crippen LogP contribution in [0.25, 0.3) is 29.5 Å². The monoisotopic (exact) mass is 2060 g/mol. The zero-order valence-corrected chi connectivity index (χ0v) is 88.1. The molecule has 11 rings (SSSR count). The number of hydrogen-bond acceptors (Lipinski definition) is 33. The van der Waals surface area contributed by atoms with Crippen LogP contribution in [0.3, 0.4) is 0 Å². The molecular weight excluding hydrogens is 1910 g/mol. The average molecular weight is 2060 g/mol. The summed E-state index contributed by atoms with van der Waals surface area (Å²) < 4.78 is 91.4. The first-order valence-corrected chi connectivity index (χ1v) is 53.2. The second-order valence-electron chi connectivity index (χ2n) is 35.8. The number of carbonyl (C=O) groups is 12. The Bertz CT molecular complexity index is 4760. The van der Waals surface area contributed by atoms with Gasteiger partial charge in [0.15, 0.2) is 11.5 Å². The molecule has 0 atom stereocenters. The van der Waals surface area contributed by atoms with Crippen molar-refractivity contribution in [2.75, 3.05) is 95.0 Å². The topological polar surface area (TPSA) is 375 Å². The Morgan fingerprint density at radius 2 is 0.715 bits per heavy atom. The van der Waals surface area contributed by atoms with Crippen LogP contribution < -0.4 is 23.7 Å². The number of methoxy groups -OCH3 is 5. The molecule has 33 heteroatoms. The van der Waals surface area contributed by atoms with Gasteiger partial charge in [-0.1, -0.05) is 78.3 Å². The van der Waals surface area contributed by atoms with Gasteiger partial charge in [-0.15, -0.1) is 34.0 Å². The molecule has 5 fully saturated rings. The Labute approximate surface area is 861 Å². The summed E-state index contributed by atoms with van der Waals surface area (Å²) in [6.07, 6.45) is 41.3. The van der Waals surface area contributed by atoms with Gasteiger partial charge in [0.2, 0.25) is 0 Å². The minimum absolute atomic E-state index is 0.0139. The summed E-state index contributed by atoms with van der Waals surface area (Å²) in [5, 5.41) is 0.787. The SMILES string of the molecule is C=CC(=O)OCCCCCCC1CCC(OC)CC1.C=CC(=O)OCCCCCCOC1CCC(OC)CC1.C=CC(=O)OCCCCOC(=O)C1CCC(OC)CC1.C=CC(=O)OCCCCOC(=O)Oc1ccc(OC)cc1.C=CC(=O)OCCCCOC(=O)c1ccc(OC)cc1.CCCc1cc2sc(-c3nc4c(OC(=O)C5CCC(C(C)=O)CC5)ccc(OC(=O)C5CCC(C(C)=O)CC5)c4s3)cc2s1. The number of rotatable bonds is 52. The fourth-order valence-corrected chi connectivity index (χ4v) is 20.3. The third-order valence-corrected chi connectivity index (χ3v) is 29.0. The van der Waals surface area contributed by atoms with Crippen LogP contribution in [0.15, 0.2) is 136 Å². The van der Waals surface area contributed by atoms with Crippen molar-refractivity contribution in [3.63, 3.8) is 0 Å². The second kappa shape index (κ2) is 71.7. The predicted molar refractivity (Wildman–Crippen MR) is 555 cm³/mol. The maximum atomic E-state index is 13.2. The first-order valence-electron chi connectivity index (χ1n) is 50.7. The number of aromatic nitrogens is 1. The first-order chi connectivity index (χ1) is 69.7. The van der Waals surface area contributed by atoms with Crippen molar-refractivity contribution in [3.8, 4) is 38.6 Å². The van der Waals surface area contributed by atoms with Gasteiger partial charge in [-0.25, -0.2) is 38.5 Å². The largest absolute Gasteiger partial charge is 0.513 e. The van der Waals surface area contributed by atoms with E-state index in [2.05, 4.69) is 52.0 Å². The van der Waals surface area contributed by atoms with Crippen LogP contribution in [0.5, 0.6) is 28.7 Å². The summed E-state index contributed by atoms with van der Waals surface area (Å²) >= 11 is 4.94. The number of hydrogen-bond donors (Lipinski definition) is 0. The Morgan fingerprint density at radius 1 is 0.354 bits per heavy atom. The lowest BCUT2D eigenvalue weighted by Crippen LogP contribution is -2.28. The number of thiazole rings is 1. The van der Waals surface area contributed by atoms with E-state index in [4.69, 9.17) is 85.5 Å². The van der Waals surface area contributed by atoms with E-state index in [9.17, 15) is 57.5 Å². The number of Topliss-reactive ketones (excluding diaryl/α,β-unsaturated/α-hetero) is 2. The van der Waals surface area contributed by atoms with Crippen LogP contribution in [0.2, 0.25) is 0 Å². The molecule has 794 valence electrons. The van der Waals surface area contributed by atoms with E-state index >= 15 is 0 Å². The molecule has 0 aliphatic heterocycles. The van der Waals surface area contributed by atoms with E-state index in [0.29, 0.717) is 192 Å². The number of carbonyl (C=O) groups excluding carboxylic acids is 12. The number of unbranched alkanes of at least 4 members (excludes halogenated alkanes) is 9. The number of thiophene rings is 2. The quantitative estimate of drug-likeness (QED) is 0.00854. The molecule has 0 amide bonds. The predicted octanol–water partition coefficient (Wildman–Crippen LogP) is 23.2. The summed E-state index contributed by atoms with van der Waals surface area (Å²) in [7, 11) is 8.44. The molecular formula is C111H153NO29S3. The van der Waals surface area contributed by atoms with Crippen molar-refractivity contribution >= 4 is 125 Å². The summed E-state index contributed by atoms with van der Waals surface area (Å²) in [6, 6.07) is 21.0. The van der Waals surface area contributed by atoms with E-state index in [1.165, 1.54) is 82.7 Å². The molecule has 3 heterocycles. The number of nitrogens with zero attached hydrogens (tertiary/aromatic N) is 1. The van der Waals surface area contributed by atoms with Crippen LogP contribution in [0.1, 0.15) is 267 Å². The van der Waals surface area contributed by atoms with E-state index in [-0.39, 0.29) is 96.8 Å². The Balaban J connectivity index is 0.000000276. The van der Waals surface area contributed by atoms with E-state index in [1.54, 1.807) is 114 Å². The zero-order chi connectivity index (χ0) is 105. The lowest BCUT2D eigenvalue weighted by atomic mass is 9.80. The molecule has 5 aliphatic rings. The third-order valence-electron chi connectivity index (χ3n) is 25.4. The summed E-state index contributed by atoms with van der Waals surface area (Å²) in [5.74, 6) is 0.255. The van der Waals surface area contributed by atoms with Gasteiger partial charge < -0.3 is 80.5 Å². The Morgan fingerprint density at radius 3 is 1.15 bits per heavy atom. The van der Waals surface area contributed by atoms with Crippen LogP contribution in [0, 0.1) is 35.5 Å². The van der Waals surface area contributed by atoms with Crippen molar-refractivity contribution in [1.29, 1.82) is 0 Å². The standard InChI is InChI=1S/C34H37NO6S3.C16H28O4.C16H28O3.C15H18O6.C15H24O5.C15H18O5/c1-4-5-24-16-27-28(42-24)17-29(43-27)32-35-30-25(40-33(38)22-10-6-20(7-11-22)18(2)36)14-15-26(31(30)44-32)41-34(39)23-12-8-21(9-13-23)19(3)37;1-3-16(17)20-13-7-5-4-6-12-19-15-10-8-14(18-2)9-11-15;1-3-16(17)19-13-7-5-4-6-8-14-9-11-15(18-2)12-10-14;1-3-14(16)19-10-4-5-11-20-15(17)21-13-8-6-12(18-2)7-9-13;2*1-3-14(16)19-10-4-5-11-20-15(17)12-6-8-13(18-2)9-7-12/h14-17,20-23H,4-13H2,1-3H3;3,14-15H,1,4-13H2,2H3;3,14-15H,1,4-13H2,2H3;3,6-9H,1,4-5,10-11H2,2H3;3,12-13H,1,4-11H2,2H3;3,6-9H,1,4-5,10-11H2,2H3. The Hall–Kier alpha value is -10.8. The molecule has 144 heavy (non-hydrogen) atoms. The van der Waals surface area contributed by atoms with Gasteiger partial charge in [-0.3, -0.25) is 24.0 Å². The van der Waals surface area contributed by atoms with Gasteiger partial charge in [0.05, 0.1) is 120 Å². The highest BCUT2D eigenvalue weighted by Crippen LogP contribution is 2.47. The highest BCUT2D eigenvalue weighted by molar-refractivity contribution is 7.32. The molecule has 5 aliphatic carbocycles. The number of ketones is 2. The van der Waals surface area contributed by atoms with E-state index in [0.717, 1.165) is 143 Å². The molecule has 5 saturated carbocycles. The van der Waals surface area contributed by atoms with Crippen molar-refractivity contribution in [2.45, 2.75) is 283 Å². The molecule has 0 N–H and O–H groups in total. The van der Waals surface area contributed by atoms with Gasteiger partial charge in [0.1, 0.15) is 44.0 Å². The van der Waals surface area contributed by atoms with E-state index in [1.807, 2.05) is 18.4 Å². The van der Waals surface area contributed by atoms with Crippen LogP contribution in [-0.2, 0) is 111 Å². The average Bonchev–Trinajstić information content (AvgIpc) is 1.61. The lowest BCUT2D eigenvalue weighted by molar-refractivity contribution is -0.151. The van der Waals surface area contributed by atoms with Gasteiger partial charge >= 0.3 is 59.9 Å². The number of esters is 9. The summed E-state index contributed by atoms with van der Waals surface area (Å²) in [6.45, 7) is 25.7. The molecule has 0 bridgehead atoms. The van der Waals surface area contributed by atoms with E-state index < -0.39 is 24.1 Å². The fourth-order valence-electron chi connectivity index (χ4n) is 16.7. The van der Waals surface area contributed by atoms with Gasteiger partial charge in [-0.05, 0) is 292 Å². The third kappa shape index (κ3) is 48.0. The maximum Gasteiger partial charge on any atom is 0.513 e. The molecule has 30 nitrogen and oxygen atoms in total. The number of ether oxygens (including phenoxy) is 17. The molecule has 0 spiro atoms. The minimum atomic E-state index is -0.775. The van der Waals surface area contributed by atoms with Crippen molar-refractivity contribution in [1.82, 2.24) is 4.98 Å². The first kappa shape index (κ1) is 122. The summed E-state index contributed by atoms with van der Waals surface area (Å²) in [4.78, 5) is 146. The molecule has 6 aromatic rings. The lowest BCUT2D eigenvalue weighted by Gasteiger charge is -2.27. The van der Waals surface area contributed by atoms with Gasteiger partial charge in [-0.2, -0.15) is 0 Å². The number of benzene rings is 3. The van der Waals surface area contributed by atoms with Crippen LogP contribution >= 0.6 is 34.0 Å². The molecule has 0 unspecified atom stereocenters. The molecule has 0 saturated heterocycles. The van der Waals surface area contributed by atoms with Crippen LogP contribution in [-0.4, -0.2) is 196 Å². The maximum absolute atomic E-state index is 13.2. The van der Waals surface area contributed by atoms with Crippen molar-refractivity contribution < 1.29 is 138 Å². The van der Waals surface area contributed by atoms with Crippen molar-refractivity contribution in [2.24, 2.45) is 35.5 Å².